The van der Waals surface area contributed by atoms with Crippen LogP contribution in [0.2, 0.25) is 0 Å². The molecule has 2 aromatic rings. The number of aromatic amines is 1. The third-order valence-electron chi connectivity index (χ3n) is 7.27. The Balaban J connectivity index is 1.51. The van der Waals surface area contributed by atoms with Crippen molar-refractivity contribution in [2.75, 3.05) is 6.54 Å². The zero-order valence-electron chi connectivity index (χ0n) is 19.8. The Morgan fingerprint density at radius 3 is 2.76 bits per heavy atom. The zero-order chi connectivity index (χ0) is 23.5. The molecule has 8 nitrogen and oxygen atoms in total. The number of pyridine rings is 1. The highest BCUT2D eigenvalue weighted by atomic mass is 16.2. The second-order valence-corrected chi connectivity index (χ2v) is 9.74. The topological polar surface area (TPSA) is 103 Å². The lowest BCUT2D eigenvalue weighted by atomic mass is 9.93. The summed E-state index contributed by atoms with van der Waals surface area (Å²) in [6, 6.07) is 2.61. The van der Waals surface area contributed by atoms with Crippen LogP contribution in [0, 0.1) is 6.92 Å². The van der Waals surface area contributed by atoms with E-state index in [1.165, 1.54) is 6.42 Å². The van der Waals surface area contributed by atoms with Crippen LogP contribution < -0.4 is 10.6 Å². The summed E-state index contributed by atoms with van der Waals surface area (Å²) in [7, 11) is 0. The summed E-state index contributed by atoms with van der Waals surface area (Å²) < 4.78 is 0. The van der Waals surface area contributed by atoms with Crippen molar-refractivity contribution in [2.45, 2.75) is 82.5 Å². The van der Waals surface area contributed by atoms with Gasteiger partial charge in [-0.05, 0) is 51.3 Å². The number of rotatable bonds is 6. The fourth-order valence-corrected chi connectivity index (χ4v) is 5.58. The van der Waals surface area contributed by atoms with Crippen molar-refractivity contribution in [1.82, 2.24) is 30.5 Å². The Morgan fingerprint density at radius 2 is 2.03 bits per heavy atom. The number of hydrogen-bond acceptors (Lipinski definition) is 5. The summed E-state index contributed by atoms with van der Waals surface area (Å²) in [6.45, 7) is 2.75. The van der Waals surface area contributed by atoms with Crippen LogP contribution in [0.3, 0.4) is 0 Å². The van der Waals surface area contributed by atoms with Gasteiger partial charge in [0.1, 0.15) is 11.9 Å². The van der Waals surface area contributed by atoms with Crippen LogP contribution in [0.25, 0.3) is 6.08 Å². The molecule has 34 heavy (non-hydrogen) atoms. The minimum atomic E-state index is -0.745. The molecule has 1 saturated carbocycles. The first kappa shape index (κ1) is 22.8. The van der Waals surface area contributed by atoms with Gasteiger partial charge >= 0.3 is 0 Å². The zero-order valence-corrected chi connectivity index (χ0v) is 19.8. The molecular formula is C26H34N6O2. The maximum atomic E-state index is 14.0. The van der Waals surface area contributed by atoms with E-state index in [1.807, 2.05) is 31.2 Å². The maximum absolute atomic E-state index is 14.0. The van der Waals surface area contributed by atoms with Gasteiger partial charge in [-0.1, -0.05) is 31.4 Å². The standard InChI is InChI=1S/C26H34N6O2/c1-17-29-21-12-11-20(15-23(21)30-17)32(26(34)22-10-6-14-28-22)24(18-7-5-13-27-16-18)25(33)31-19-8-3-2-4-9-19/h5,7,11-13,16,19-20,22,24,28H,2-4,6,8-10,14-15H2,1H3,(H,29,30)(H,31,33)/t20?,22-,24?/m1/s1. The van der Waals surface area contributed by atoms with Crippen molar-refractivity contribution < 1.29 is 9.59 Å². The monoisotopic (exact) mass is 462 g/mol. The van der Waals surface area contributed by atoms with Crippen molar-refractivity contribution in [1.29, 1.82) is 0 Å². The van der Waals surface area contributed by atoms with Crippen molar-refractivity contribution in [3.8, 4) is 0 Å². The highest BCUT2D eigenvalue weighted by Gasteiger charge is 2.41. The molecular weight excluding hydrogens is 428 g/mol. The third kappa shape index (κ3) is 4.78. The maximum Gasteiger partial charge on any atom is 0.247 e. The van der Waals surface area contributed by atoms with Crippen LogP contribution >= 0.6 is 0 Å². The van der Waals surface area contributed by atoms with Crippen molar-refractivity contribution in [3.05, 3.63) is 53.4 Å². The second-order valence-electron chi connectivity index (χ2n) is 9.74. The highest BCUT2D eigenvalue weighted by molar-refractivity contribution is 5.91. The van der Waals surface area contributed by atoms with Crippen LogP contribution in [0.5, 0.6) is 0 Å². The molecule has 8 heteroatoms. The smallest absolute Gasteiger partial charge is 0.247 e. The number of amides is 2. The number of nitrogens with one attached hydrogen (secondary N) is 3. The molecule has 180 valence electrons. The Bertz CT molecular complexity index is 1040. The molecule has 3 heterocycles. The van der Waals surface area contributed by atoms with E-state index in [-0.39, 0.29) is 29.9 Å². The first-order valence-corrected chi connectivity index (χ1v) is 12.6. The third-order valence-corrected chi connectivity index (χ3v) is 7.27. The van der Waals surface area contributed by atoms with Gasteiger partial charge in [-0.15, -0.1) is 0 Å². The van der Waals surface area contributed by atoms with Crippen LogP contribution in [0.1, 0.15) is 73.8 Å². The lowest BCUT2D eigenvalue weighted by Crippen LogP contribution is -2.55. The van der Waals surface area contributed by atoms with E-state index in [2.05, 4.69) is 25.6 Å². The molecule has 2 unspecified atom stereocenters. The summed E-state index contributed by atoms with van der Waals surface area (Å²) in [4.78, 5) is 41.8. The summed E-state index contributed by atoms with van der Waals surface area (Å²) in [5.74, 6) is 0.704. The van der Waals surface area contributed by atoms with E-state index in [4.69, 9.17) is 0 Å². The molecule has 5 rings (SSSR count). The van der Waals surface area contributed by atoms with E-state index in [9.17, 15) is 9.59 Å². The Kier molecular flexibility index (Phi) is 6.76. The van der Waals surface area contributed by atoms with Crippen molar-refractivity contribution in [3.63, 3.8) is 0 Å². The van der Waals surface area contributed by atoms with Gasteiger partial charge < -0.3 is 20.5 Å². The number of aryl methyl sites for hydroxylation is 1. The first-order chi connectivity index (χ1) is 16.6. The fraction of sp³-hybridized carbons (Fsp3) is 0.538. The van der Waals surface area contributed by atoms with Gasteiger partial charge in [0.2, 0.25) is 11.8 Å². The van der Waals surface area contributed by atoms with Gasteiger partial charge in [-0.25, -0.2) is 4.98 Å². The van der Waals surface area contributed by atoms with Gasteiger partial charge in [-0.3, -0.25) is 14.6 Å². The second kappa shape index (κ2) is 10.1. The minimum absolute atomic E-state index is 0.0283. The molecule has 1 aliphatic heterocycles. The number of nitrogens with zero attached hydrogens (tertiary/aromatic N) is 3. The molecule has 3 atom stereocenters. The predicted octanol–water partition coefficient (Wildman–Crippen LogP) is 2.82. The molecule has 2 aromatic heterocycles. The fourth-order valence-electron chi connectivity index (χ4n) is 5.58. The summed E-state index contributed by atoms with van der Waals surface area (Å²) in [5, 5.41) is 6.62. The van der Waals surface area contributed by atoms with Gasteiger partial charge in [0.15, 0.2) is 0 Å². The summed E-state index contributed by atoms with van der Waals surface area (Å²) >= 11 is 0. The molecule has 0 aromatic carbocycles. The molecule has 2 aliphatic carbocycles. The van der Waals surface area contributed by atoms with Crippen molar-refractivity contribution in [2.24, 2.45) is 0 Å². The number of aromatic nitrogens is 3. The number of carbonyl (C=O) groups excluding carboxylic acids is 2. The van der Waals surface area contributed by atoms with Crippen LogP contribution in [0.15, 0.2) is 30.6 Å². The molecule has 0 radical (unpaired) electrons. The number of carbonyl (C=O) groups is 2. The van der Waals surface area contributed by atoms with Gasteiger partial charge in [0.05, 0.1) is 17.8 Å². The Hall–Kier alpha value is -3.00. The molecule has 3 N–H and O–H groups in total. The average molecular weight is 463 g/mol. The lowest BCUT2D eigenvalue weighted by Gasteiger charge is -2.39. The molecule has 0 spiro atoms. The summed E-state index contributed by atoms with van der Waals surface area (Å²) in [5.41, 5.74) is 2.65. The minimum Gasteiger partial charge on any atom is -0.351 e. The van der Waals surface area contributed by atoms with Crippen LogP contribution in [-0.4, -0.2) is 56.3 Å². The lowest BCUT2D eigenvalue weighted by molar-refractivity contribution is -0.144. The molecule has 2 amide bonds. The highest BCUT2D eigenvalue weighted by Crippen LogP contribution is 2.31. The predicted molar refractivity (Wildman–Crippen MR) is 130 cm³/mol. The molecule has 1 saturated heterocycles. The Labute approximate surface area is 200 Å². The number of hydrogen-bond donors (Lipinski definition) is 3. The van der Waals surface area contributed by atoms with Crippen LogP contribution in [-0.2, 0) is 16.0 Å². The largest absolute Gasteiger partial charge is 0.351 e. The normalized spacial score (nSPS) is 23.3. The Morgan fingerprint density at radius 1 is 1.18 bits per heavy atom. The van der Waals surface area contributed by atoms with E-state index >= 15 is 0 Å². The van der Waals surface area contributed by atoms with E-state index in [1.54, 1.807) is 17.3 Å². The SMILES string of the molecule is Cc1nc2c([nH]1)CC(N(C(=O)[C@H]1CCCN1)C(C(=O)NC1CCCCC1)c1cccnc1)C=C2. The van der Waals surface area contributed by atoms with Crippen LogP contribution in [0.4, 0.5) is 0 Å². The molecule has 2 fully saturated rings. The molecule has 3 aliphatic rings. The van der Waals surface area contributed by atoms with E-state index in [0.717, 1.165) is 67.8 Å². The first-order valence-electron chi connectivity index (χ1n) is 12.6. The molecule has 0 bridgehead atoms. The average Bonchev–Trinajstić information content (AvgIpc) is 3.52. The number of H-pyrrole nitrogens is 1. The van der Waals surface area contributed by atoms with Gasteiger partial charge in [0, 0.05) is 36.1 Å². The summed E-state index contributed by atoms with van der Waals surface area (Å²) in [6.07, 6.45) is 15.2. The number of fused-ring (bicyclic) bond motifs is 1. The van der Waals surface area contributed by atoms with Crippen molar-refractivity contribution >= 4 is 17.9 Å². The number of imidazole rings is 1. The van der Waals surface area contributed by atoms with Gasteiger partial charge in [-0.2, -0.15) is 0 Å². The quantitative estimate of drug-likeness (QED) is 0.613. The van der Waals surface area contributed by atoms with E-state index < -0.39 is 6.04 Å². The van der Waals surface area contributed by atoms with Gasteiger partial charge in [0.25, 0.3) is 0 Å². The van der Waals surface area contributed by atoms with E-state index in [0.29, 0.717) is 6.42 Å².